The van der Waals surface area contributed by atoms with Crippen LogP contribution in [0.2, 0.25) is 0 Å². The van der Waals surface area contributed by atoms with Crippen LogP contribution in [0, 0.1) is 0 Å². The minimum Gasteiger partial charge on any atom is -0.371 e. The number of hydrogen-bond donors (Lipinski definition) is 0. The van der Waals surface area contributed by atoms with Crippen molar-refractivity contribution in [1.29, 1.82) is 0 Å². The standard InChI is InChI=1S/C10H18ClN3O3S/c1-7(2)17-6-8-12-13-9(18(11,15)16)14(8)10(3,4)5/h7H,6H2,1-5H3. The van der Waals surface area contributed by atoms with Gasteiger partial charge in [0.25, 0.3) is 14.2 Å². The van der Waals surface area contributed by atoms with Crippen molar-refractivity contribution in [3.63, 3.8) is 0 Å². The van der Waals surface area contributed by atoms with Gasteiger partial charge in [0.2, 0.25) is 0 Å². The quantitative estimate of drug-likeness (QED) is 0.793. The van der Waals surface area contributed by atoms with Crippen molar-refractivity contribution >= 4 is 19.7 Å². The summed E-state index contributed by atoms with van der Waals surface area (Å²) in [6, 6.07) is 0. The first-order chi connectivity index (χ1) is 8.03. The second-order valence-electron chi connectivity index (χ2n) is 5.20. The van der Waals surface area contributed by atoms with Crippen molar-refractivity contribution in [2.75, 3.05) is 0 Å². The van der Waals surface area contributed by atoms with Crippen LogP contribution in [0.3, 0.4) is 0 Å². The van der Waals surface area contributed by atoms with Crippen LogP contribution in [0.5, 0.6) is 0 Å². The highest BCUT2D eigenvalue weighted by Crippen LogP contribution is 2.24. The molecule has 18 heavy (non-hydrogen) atoms. The Hall–Kier alpha value is -0.660. The van der Waals surface area contributed by atoms with Crippen molar-refractivity contribution in [3.05, 3.63) is 5.82 Å². The first-order valence-electron chi connectivity index (χ1n) is 5.54. The minimum atomic E-state index is -3.93. The maximum absolute atomic E-state index is 11.5. The second-order valence-corrected chi connectivity index (χ2v) is 7.66. The van der Waals surface area contributed by atoms with Gasteiger partial charge in [-0.1, -0.05) is 0 Å². The van der Waals surface area contributed by atoms with Gasteiger partial charge in [-0.3, -0.25) is 4.57 Å². The molecular formula is C10H18ClN3O3S. The van der Waals surface area contributed by atoms with E-state index in [1.807, 2.05) is 34.6 Å². The van der Waals surface area contributed by atoms with E-state index in [1.54, 1.807) is 0 Å². The fraction of sp³-hybridized carbons (Fsp3) is 0.800. The Morgan fingerprint density at radius 3 is 2.28 bits per heavy atom. The molecule has 0 aromatic carbocycles. The summed E-state index contributed by atoms with van der Waals surface area (Å²) in [5.41, 5.74) is -0.504. The number of ether oxygens (including phenoxy) is 1. The van der Waals surface area contributed by atoms with Crippen LogP contribution in [0.4, 0.5) is 0 Å². The number of nitrogens with zero attached hydrogens (tertiary/aromatic N) is 3. The third-order valence-corrected chi connectivity index (χ3v) is 3.25. The molecule has 0 spiro atoms. The summed E-state index contributed by atoms with van der Waals surface area (Å²) in [4.78, 5) is 0. The highest BCUT2D eigenvalue weighted by atomic mass is 35.7. The summed E-state index contributed by atoms with van der Waals surface area (Å²) in [5, 5.41) is 7.24. The molecule has 8 heteroatoms. The zero-order valence-electron chi connectivity index (χ0n) is 11.1. The molecule has 0 atom stereocenters. The van der Waals surface area contributed by atoms with E-state index >= 15 is 0 Å². The number of rotatable bonds is 4. The molecule has 1 heterocycles. The van der Waals surface area contributed by atoms with E-state index < -0.39 is 14.6 Å². The van der Waals surface area contributed by atoms with E-state index in [2.05, 4.69) is 10.2 Å². The minimum absolute atomic E-state index is 0.0196. The first-order valence-corrected chi connectivity index (χ1v) is 7.85. The number of aromatic nitrogens is 3. The van der Waals surface area contributed by atoms with E-state index in [0.717, 1.165) is 0 Å². The highest BCUT2D eigenvalue weighted by Gasteiger charge is 2.29. The van der Waals surface area contributed by atoms with Crippen LogP contribution >= 0.6 is 10.7 Å². The summed E-state index contributed by atoms with van der Waals surface area (Å²) in [5.74, 6) is 0.440. The Kier molecular flexibility index (Phi) is 4.40. The Balaban J connectivity index is 3.26. The molecule has 0 amide bonds. The zero-order chi connectivity index (χ0) is 14.1. The SMILES string of the molecule is CC(C)OCc1nnc(S(=O)(=O)Cl)n1C(C)(C)C. The van der Waals surface area contributed by atoms with Crippen molar-refractivity contribution in [2.45, 2.75) is 58.0 Å². The van der Waals surface area contributed by atoms with Crippen LogP contribution in [-0.2, 0) is 25.9 Å². The van der Waals surface area contributed by atoms with Crippen molar-refractivity contribution in [1.82, 2.24) is 14.8 Å². The lowest BCUT2D eigenvalue weighted by molar-refractivity contribution is 0.0566. The first kappa shape index (κ1) is 15.4. The van der Waals surface area contributed by atoms with E-state index in [1.165, 1.54) is 4.57 Å². The van der Waals surface area contributed by atoms with Gasteiger partial charge in [0.05, 0.1) is 6.10 Å². The Morgan fingerprint density at radius 2 is 1.89 bits per heavy atom. The van der Waals surface area contributed by atoms with Gasteiger partial charge in [0.1, 0.15) is 6.61 Å². The van der Waals surface area contributed by atoms with Crippen molar-refractivity contribution in [3.8, 4) is 0 Å². The van der Waals surface area contributed by atoms with E-state index in [-0.39, 0.29) is 17.9 Å². The molecule has 0 fully saturated rings. The Bertz CT molecular complexity index is 517. The molecule has 104 valence electrons. The molecule has 1 aromatic heterocycles. The van der Waals surface area contributed by atoms with Gasteiger partial charge in [-0.25, -0.2) is 8.42 Å². The molecule has 6 nitrogen and oxygen atoms in total. The average molecular weight is 296 g/mol. The summed E-state index contributed by atoms with van der Waals surface area (Å²) >= 11 is 0. The molecule has 0 bridgehead atoms. The van der Waals surface area contributed by atoms with Crippen molar-refractivity contribution in [2.24, 2.45) is 0 Å². The third kappa shape index (κ3) is 3.66. The van der Waals surface area contributed by atoms with Gasteiger partial charge in [-0.05, 0) is 34.6 Å². The van der Waals surface area contributed by atoms with Gasteiger partial charge in [-0.15, -0.1) is 10.2 Å². The van der Waals surface area contributed by atoms with Crippen LogP contribution in [0.15, 0.2) is 5.16 Å². The summed E-state index contributed by atoms with van der Waals surface area (Å²) < 4.78 is 29.8. The molecule has 1 rings (SSSR count). The normalized spacial score (nSPS) is 13.3. The van der Waals surface area contributed by atoms with Gasteiger partial charge in [-0.2, -0.15) is 0 Å². The maximum Gasteiger partial charge on any atom is 0.296 e. The Morgan fingerprint density at radius 1 is 1.33 bits per heavy atom. The summed E-state index contributed by atoms with van der Waals surface area (Å²) in [6.07, 6.45) is 0.0196. The molecule has 0 aliphatic carbocycles. The van der Waals surface area contributed by atoms with Crippen molar-refractivity contribution < 1.29 is 13.2 Å². The largest absolute Gasteiger partial charge is 0.371 e. The lowest BCUT2D eigenvalue weighted by Gasteiger charge is -2.24. The molecule has 0 N–H and O–H groups in total. The molecule has 0 unspecified atom stereocenters. The average Bonchev–Trinajstić information content (AvgIpc) is 2.56. The van der Waals surface area contributed by atoms with E-state index in [9.17, 15) is 8.42 Å². The maximum atomic E-state index is 11.5. The van der Waals surface area contributed by atoms with Crippen LogP contribution in [0.25, 0.3) is 0 Å². The predicted molar refractivity (Wildman–Crippen MR) is 68.0 cm³/mol. The number of halogens is 1. The van der Waals surface area contributed by atoms with Gasteiger partial charge >= 0.3 is 0 Å². The fourth-order valence-electron chi connectivity index (χ4n) is 1.47. The fourth-order valence-corrected chi connectivity index (χ4v) is 2.50. The molecule has 0 aliphatic heterocycles. The third-order valence-electron chi connectivity index (χ3n) is 2.14. The highest BCUT2D eigenvalue weighted by molar-refractivity contribution is 8.13. The molecule has 0 saturated carbocycles. The molecule has 1 aromatic rings. The van der Waals surface area contributed by atoms with Crippen LogP contribution < -0.4 is 0 Å². The van der Waals surface area contributed by atoms with Gasteiger partial charge < -0.3 is 4.74 Å². The van der Waals surface area contributed by atoms with Crippen LogP contribution in [-0.4, -0.2) is 29.3 Å². The van der Waals surface area contributed by atoms with E-state index in [0.29, 0.717) is 5.82 Å². The number of hydrogen-bond acceptors (Lipinski definition) is 5. The lowest BCUT2D eigenvalue weighted by atomic mass is 10.1. The second kappa shape index (κ2) is 5.14. The predicted octanol–water partition coefficient (Wildman–Crippen LogP) is 1.89. The monoisotopic (exact) mass is 295 g/mol. The van der Waals surface area contributed by atoms with Gasteiger partial charge in [0.15, 0.2) is 5.82 Å². The molecule has 0 saturated heterocycles. The lowest BCUT2D eigenvalue weighted by Crippen LogP contribution is -2.27. The molecular weight excluding hydrogens is 278 g/mol. The smallest absolute Gasteiger partial charge is 0.296 e. The zero-order valence-corrected chi connectivity index (χ0v) is 12.7. The van der Waals surface area contributed by atoms with Gasteiger partial charge in [0, 0.05) is 16.2 Å². The Labute approximate surface area is 112 Å². The topological polar surface area (TPSA) is 74.1 Å². The summed E-state index contributed by atoms with van der Waals surface area (Å²) in [7, 11) is 1.43. The van der Waals surface area contributed by atoms with Crippen LogP contribution in [0.1, 0.15) is 40.4 Å². The molecule has 0 aliphatic rings. The van der Waals surface area contributed by atoms with E-state index in [4.69, 9.17) is 15.4 Å². The molecule has 0 radical (unpaired) electrons. The summed E-state index contributed by atoms with van der Waals surface area (Å²) in [6.45, 7) is 9.50.